The Morgan fingerprint density at radius 1 is 1.40 bits per heavy atom. The van der Waals surface area contributed by atoms with E-state index in [0.717, 1.165) is 5.82 Å². The smallest absolute Gasteiger partial charge is 0.122 e. The Balaban J connectivity index is 1.66. The first-order valence-electron chi connectivity index (χ1n) is 6.38. The lowest BCUT2D eigenvalue weighted by atomic mass is 10.3. The van der Waals surface area contributed by atoms with Crippen molar-refractivity contribution in [1.82, 2.24) is 14.9 Å². The van der Waals surface area contributed by atoms with Gasteiger partial charge in [0.2, 0.25) is 0 Å². The van der Waals surface area contributed by atoms with Gasteiger partial charge in [-0.1, -0.05) is 11.6 Å². The Morgan fingerprint density at radius 2 is 2.15 bits per heavy atom. The highest BCUT2D eigenvalue weighted by atomic mass is 35.5. The maximum atomic E-state index is 9.82. The molecule has 0 spiro atoms. The Bertz CT molecular complexity index is 527. The maximum Gasteiger partial charge on any atom is 0.122 e. The van der Waals surface area contributed by atoms with Crippen molar-refractivity contribution in [2.24, 2.45) is 7.05 Å². The molecule has 0 saturated heterocycles. The molecule has 1 heterocycles. The molecule has 1 aromatic carbocycles. The second-order valence-corrected chi connectivity index (χ2v) is 4.94. The monoisotopic (exact) mass is 295 g/mol. The summed E-state index contributed by atoms with van der Waals surface area (Å²) in [6.45, 7) is 1.29. The predicted octanol–water partition coefficient (Wildman–Crippen LogP) is 1.60. The van der Waals surface area contributed by atoms with Crippen LogP contribution in [0.15, 0.2) is 36.7 Å². The van der Waals surface area contributed by atoms with Crippen molar-refractivity contribution in [2.45, 2.75) is 12.6 Å². The van der Waals surface area contributed by atoms with Gasteiger partial charge in [0.15, 0.2) is 0 Å². The molecule has 2 N–H and O–H groups in total. The largest absolute Gasteiger partial charge is 0.491 e. The average Bonchev–Trinajstić information content (AvgIpc) is 2.84. The number of aliphatic hydroxyl groups excluding tert-OH is 1. The van der Waals surface area contributed by atoms with E-state index in [0.29, 0.717) is 23.9 Å². The zero-order chi connectivity index (χ0) is 14.4. The zero-order valence-electron chi connectivity index (χ0n) is 11.3. The number of hydrogen-bond donors (Lipinski definition) is 2. The molecule has 1 aromatic heterocycles. The van der Waals surface area contributed by atoms with E-state index in [9.17, 15) is 5.11 Å². The van der Waals surface area contributed by atoms with Crippen LogP contribution in [0, 0.1) is 0 Å². The maximum absolute atomic E-state index is 9.82. The van der Waals surface area contributed by atoms with Gasteiger partial charge in [-0.3, -0.25) is 0 Å². The van der Waals surface area contributed by atoms with Crippen LogP contribution in [-0.4, -0.2) is 33.9 Å². The zero-order valence-corrected chi connectivity index (χ0v) is 12.0. The van der Waals surface area contributed by atoms with Gasteiger partial charge in [-0.05, 0) is 24.3 Å². The lowest BCUT2D eigenvalue weighted by Crippen LogP contribution is -2.31. The highest BCUT2D eigenvalue weighted by molar-refractivity contribution is 6.30. The summed E-state index contributed by atoms with van der Waals surface area (Å²) in [6.07, 6.45) is 3.06. The van der Waals surface area contributed by atoms with Gasteiger partial charge in [0.05, 0.1) is 6.54 Å². The second kappa shape index (κ2) is 7.28. The Hall–Kier alpha value is -1.56. The third-order valence-corrected chi connectivity index (χ3v) is 3.09. The summed E-state index contributed by atoms with van der Waals surface area (Å²) >= 11 is 5.78. The first-order valence-corrected chi connectivity index (χ1v) is 6.76. The van der Waals surface area contributed by atoms with E-state index in [1.54, 1.807) is 30.5 Å². The van der Waals surface area contributed by atoms with Crippen LogP contribution in [0.5, 0.6) is 5.75 Å². The number of imidazole rings is 1. The fourth-order valence-electron chi connectivity index (χ4n) is 1.70. The molecule has 0 aliphatic rings. The topological polar surface area (TPSA) is 59.3 Å². The molecule has 0 aliphatic heterocycles. The number of halogens is 1. The summed E-state index contributed by atoms with van der Waals surface area (Å²) in [7, 11) is 1.93. The third-order valence-electron chi connectivity index (χ3n) is 2.84. The van der Waals surface area contributed by atoms with E-state index in [1.165, 1.54) is 0 Å². The molecule has 108 valence electrons. The van der Waals surface area contributed by atoms with E-state index >= 15 is 0 Å². The molecule has 6 heteroatoms. The van der Waals surface area contributed by atoms with Crippen molar-refractivity contribution >= 4 is 11.6 Å². The molecule has 0 bridgehead atoms. The molecule has 2 rings (SSSR count). The van der Waals surface area contributed by atoms with Gasteiger partial charge >= 0.3 is 0 Å². The van der Waals surface area contributed by atoms with Crippen LogP contribution in [0.1, 0.15) is 5.82 Å². The number of aryl methyl sites for hydroxylation is 1. The van der Waals surface area contributed by atoms with Crippen LogP contribution in [0.4, 0.5) is 0 Å². The van der Waals surface area contributed by atoms with Crippen molar-refractivity contribution in [3.63, 3.8) is 0 Å². The number of benzene rings is 1. The number of hydrogen-bond acceptors (Lipinski definition) is 4. The molecule has 20 heavy (non-hydrogen) atoms. The first kappa shape index (κ1) is 14.8. The van der Waals surface area contributed by atoms with E-state index in [2.05, 4.69) is 10.3 Å². The van der Waals surface area contributed by atoms with Crippen molar-refractivity contribution in [3.8, 4) is 5.75 Å². The highest BCUT2D eigenvalue weighted by Crippen LogP contribution is 2.15. The molecule has 0 saturated carbocycles. The molecule has 1 atom stereocenters. The van der Waals surface area contributed by atoms with E-state index < -0.39 is 6.10 Å². The molecule has 2 aromatic rings. The van der Waals surface area contributed by atoms with Crippen molar-refractivity contribution in [1.29, 1.82) is 0 Å². The van der Waals surface area contributed by atoms with Gasteiger partial charge in [0.1, 0.15) is 24.3 Å². The minimum absolute atomic E-state index is 0.231. The first-order chi connectivity index (χ1) is 9.65. The summed E-state index contributed by atoms with van der Waals surface area (Å²) in [5, 5.41) is 13.6. The summed E-state index contributed by atoms with van der Waals surface area (Å²) in [4.78, 5) is 4.19. The third kappa shape index (κ3) is 4.52. The number of nitrogens with zero attached hydrogens (tertiary/aromatic N) is 2. The standard InChI is InChI=1S/C14H18ClN3O2/c1-18-7-6-17-14(18)9-16-8-12(19)10-20-13-4-2-11(15)3-5-13/h2-7,12,16,19H,8-10H2,1H3. The molecule has 5 nitrogen and oxygen atoms in total. The molecule has 0 aliphatic carbocycles. The van der Waals surface area contributed by atoms with Gasteiger partial charge in [-0.15, -0.1) is 0 Å². The normalized spacial score (nSPS) is 12.3. The minimum Gasteiger partial charge on any atom is -0.491 e. The molecule has 0 radical (unpaired) electrons. The Labute approximate surface area is 123 Å². The lowest BCUT2D eigenvalue weighted by molar-refractivity contribution is 0.106. The van der Waals surface area contributed by atoms with Gasteiger partial charge in [-0.25, -0.2) is 4.98 Å². The molecular formula is C14H18ClN3O2. The van der Waals surface area contributed by atoms with Crippen LogP contribution < -0.4 is 10.1 Å². The molecule has 1 unspecified atom stereocenters. The fraction of sp³-hybridized carbons (Fsp3) is 0.357. The predicted molar refractivity (Wildman–Crippen MR) is 77.9 cm³/mol. The summed E-state index contributed by atoms with van der Waals surface area (Å²) in [5.41, 5.74) is 0. The van der Waals surface area contributed by atoms with Crippen LogP contribution in [0.2, 0.25) is 5.02 Å². The number of nitrogens with one attached hydrogen (secondary N) is 1. The van der Waals surface area contributed by atoms with E-state index in [1.807, 2.05) is 17.8 Å². The number of rotatable bonds is 7. The summed E-state index contributed by atoms with van der Waals surface area (Å²) < 4.78 is 7.40. The second-order valence-electron chi connectivity index (χ2n) is 4.50. The number of aromatic nitrogens is 2. The number of ether oxygens (including phenoxy) is 1. The molecule has 0 amide bonds. The average molecular weight is 296 g/mol. The van der Waals surface area contributed by atoms with Gasteiger partial charge < -0.3 is 19.7 Å². The summed E-state index contributed by atoms with van der Waals surface area (Å²) in [5.74, 6) is 1.62. The fourth-order valence-corrected chi connectivity index (χ4v) is 1.83. The van der Waals surface area contributed by atoms with Crippen molar-refractivity contribution in [2.75, 3.05) is 13.2 Å². The Morgan fingerprint density at radius 3 is 2.80 bits per heavy atom. The molecule has 0 fully saturated rings. The van der Waals surface area contributed by atoms with Crippen LogP contribution in [-0.2, 0) is 13.6 Å². The van der Waals surface area contributed by atoms with Gasteiger partial charge in [-0.2, -0.15) is 0 Å². The lowest BCUT2D eigenvalue weighted by Gasteiger charge is -2.13. The van der Waals surface area contributed by atoms with Crippen molar-refractivity contribution < 1.29 is 9.84 Å². The summed E-state index contributed by atoms with van der Waals surface area (Å²) in [6, 6.07) is 7.05. The van der Waals surface area contributed by atoms with Crippen molar-refractivity contribution in [3.05, 3.63) is 47.5 Å². The highest BCUT2D eigenvalue weighted by Gasteiger charge is 2.06. The molecular weight excluding hydrogens is 278 g/mol. The quantitative estimate of drug-likeness (QED) is 0.815. The minimum atomic E-state index is -0.578. The van der Waals surface area contributed by atoms with E-state index in [-0.39, 0.29) is 6.61 Å². The number of aliphatic hydroxyl groups is 1. The SMILES string of the molecule is Cn1ccnc1CNCC(O)COc1ccc(Cl)cc1. The van der Waals surface area contributed by atoms with Crippen LogP contribution >= 0.6 is 11.6 Å². The van der Waals surface area contributed by atoms with Gasteiger partial charge in [0, 0.05) is 31.0 Å². The Kier molecular flexibility index (Phi) is 5.40. The van der Waals surface area contributed by atoms with E-state index in [4.69, 9.17) is 16.3 Å². The van der Waals surface area contributed by atoms with Gasteiger partial charge in [0.25, 0.3) is 0 Å². The van der Waals surface area contributed by atoms with Crippen LogP contribution in [0.3, 0.4) is 0 Å². The van der Waals surface area contributed by atoms with Crippen LogP contribution in [0.25, 0.3) is 0 Å².